The molecule has 2 aliphatic carbocycles. The molecule has 0 bridgehead atoms. The summed E-state index contributed by atoms with van der Waals surface area (Å²) in [5, 5.41) is 9.37. The van der Waals surface area contributed by atoms with Crippen LogP contribution in [0.4, 0.5) is 0 Å². The highest BCUT2D eigenvalue weighted by atomic mass is 16.5. The van der Waals surface area contributed by atoms with Crippen LogP contribution in [0.2, 0.25) is 0 Å². The van der Waals surface area contributed by atoms with Gasteiger partial charge in [-0.2, -0.15) is 0 Å². The molecule has 30 heavy (non-hydrogen) atoms. The lowest BCUT2D eigenvalue weighted by Gasteiger charge is -2.43. The van der Waals surface area contributed by atoms with Crippen molar-refractivity contribution in [3.05, 3.63) is 65.7 Å². The molecule has 2 aliphatic rings. The molecule has 3 heteroatoms. The molecule has 2 fully saturated rings. The summed E-state index contributed by atoms with van der Waals surface area (Å²) in [7, 11) is 0. The maximum absolute atomic E-state index is 11.4. The van der Waals surface area contributed by atoms with Crippen molar-refractivity contribution >= 4 is 5.97 Å². The van der Waals surface area contributed by atoms with Gasteiger partial charge in [-0.25, -0.2) is 0 Å². The lowest BCUT2D eigenvalue weighted by molar-refractivity contribution is -0.137. The molecule has 2 aromatic carbocycles. The number of rotatable bonds is 7. The molecule has 160 valence electrons. The summed E-state index contributed by atoms with van der Waals surface area (Å²) in [5.74, 6) is 0.644. The van der Waals surface area contributed by atoms with E-state index in [1.807, 2.05) is 54.6 Å². The second-order valence-corrected chi connectivity index (χ2v) is 9.46. The maximum Gasteiger partial charge on any atom is 0.304 e. The number of carbonyl (C=O) groups is 1. The van der Waals surface area contributed by atoms with Crippen LogP contribution in [0.25, 0.3) is 0 Å². The highest BCUT2D eigenvalue weighted by molar-refractivity contribution is 5.69. The number of carboxylic acids is 1. The fourth-order valence-electron chi connectivity index (χ4n) is 5.78. The first-order valence-electron chi connectivity index (χ1n) is 11.6. The molecule has 0 radical (unpaired) electrons. The molecular formula is C27H34O3. The minimum absolute atomic E-state index is 0.0916. The third-order valence-electron chi connectivity index (χ3n) is 7.30. The largest absolute Gasteiger partial charge is 0.493 e. The predicted octanol–water partition coefficient (Wildman–Crippen LogP) is 6.81. The van der Waals surface area contributed by atoms with E-state index in [4.69, 9.17) is 4.74 Å². The molecule has 2 saturated carbocycles. The molecule has 2 unspecified atom stereocenters. The summed E-state index contributed by atoms with van der Waals surface area (Å²) in [6.07, 6.45) is 12.6. The predicted molar refractivity (Wildman–Crippen MR) is 120 cm³/mol. The van der Waals surface area contributed by atoms with Crippen LogP contribution in [0.3, 0.4) is 0 Å². The van der Waals surface area contributed by atoms with Crippen molar-refractivity contribution < 1.29 is 14.6 Å². The Labute approximate surface area is 180 Å². The number of ether oxygens (including phenoxy) is 1. The molecule has 1 N–H and O–H groups in total. The number of carboxylic acid groups (broad SMARTS) is 1. The van der Waals surface area contributed by atoms with Gasteiger partial charge in [-0.3, -0.25) is 4.79 Å². The van der Waals surface area contributed by atoms with Gasteiger partial charge in [-0.05, 0) is 66.7 Å². The molecule has 0 aliphatic heterocycles. The first kappa shape index (κ1) is 21.0. The molecule has 0 heterocycles. The van der Waals surface area contributed by atoms with Crippen LogP contribution in [0.5, 0.6) is 5.75 Å². The highest BCUT2D eigenvalue weighted by Gasteiger charge is 2.37. The molecule has 2 atom stereocenters. The van der Waals surface area contributed by atoms with Crippen molar-refractivity contribution in [1.29, 1.82) is 0 Å². The van der Waals surface area contributed by atoms with Gasteiger partial charge in [-0.1, -0.05) is 68.1 Å². The van der Waals surface area contributed by atoms with E-state index in [1.165, 1.54) is 57.8 Å². The molecule has 0 saturated heterocycles. The quantitative estimate of drug-likeness (QED) is 0.549. The third-order valence-corrected chi connectivity index (χ3v) is 7.30. The number of aliphatic carboxylic acids is 1. The Morgan fingerprint density at radius 3 is 2.30 bits per heavy atom. The molecule has 0 aromatic heterocycles. The summed E-state index contributed by atoms with van der Waals surface area (Å²) in [4.78, 5) is 11.4. The van der Waals surface area contributed by atoms with E-state index in [0.29, 0.717) is 11.3 Å². The fourth-order valence-corrected chi connectivity index (χ4v) is 5.78. The zero-order valence-corrected chi connectivity index (χ0v) is 17.9. The van der Waals surface area contributed by atoms with Crippen molar-refractivity contribution in [1.82, 2.24) is 0 Å². The lowest BCUT2D eigenvalue weighted by Crippen LogP contribution is -2.33. The van der Waals surface area contributed by atoms with Gasteiger partial charge in [0, 0.05) is 5.92 Å². The van der Waals surface area contributed by atoms with Crippen molar-refractivity contribution in [3.8, 4) is 5.75 Å². The van der Waals surface area contributed by atoms with Crippen LogP contribution < -0.4 is 4.74 Å². The average Bonchev–Trinajstić information content (AvgIpc) is 2.78. The van der Waals surface area contributed by atoms with E-state index in [9.17, 15) is 9.90 Å². The van der Waals surface area contributed by atoms with Gasteiger partial charge >= 0.3 is 5.97 Å². The van der Waals surface area contributed by atoms with E-state index in [0.717, 1.165) is 23.5 Å². The van der Waals surface area contributed by atoms with E-state index in [2.05, 4.69) is 0 Å². The normalized spacial score (nSPS) is 21.8. The second kappa shape index (κ2) is 9.68. The third kappa shape index (κ3) is 5.24. The van der Waals surface area contributed by atoms with Gasteiger partial charge < -0.3 is 9.84 Å². The zero-order chi connectivity index (χ0) is 20.8. The van der Waals surface area contributed by atoms with Crippen LogP contribution >= 0.6 is 0 Å². The summed E-state index contributed by atoms with van der Waals surface area (Å²) in [6.45, 7) is 0.804. The van der Waals surface area contributed by atoms with Gasteiger partial charge in [0.2, 0.25) is 0 Å². The van der Waals surface area contributed by atoms with E-state index < -0.39 is 5.97 Å². The van der Waals surface area contributed by atoms with Crippen molar-refractivity contribution in [2.75, 3.05) is 6.61 Å². The number of hydrogen-bond acceptors (Lipinski definition) is 2. The topological polar surface area (TPSA) is 46.5 Å². The Hall–Kier alpha value is -2.29. The molecule has 3 nitrogen and oxygen atoms in total. The fraction of sp³-hybridized carbons (Fsp3) is 0.519. The lowest BCUT2D eigenvalue weighted by atomic mass is 9.63. The number of benzene rings is 2. The molecular weight excluding hydrogens is 372 g/mol. The van der Waals surface area contributed by atoms with E-state index >= 15 is 0 Å². The standard InChI is InChI=1S/C27H34O3/c28-26(29)18-25(22-9-3-1-4-10-22)23-11-13-24(14-12-23)30-20-21-8-7-17-27(19-21)15-5-2-6-16-27/h1,3-4,9-14,21,25H,2,5-8,15-20H2,(H,28,29). The minimum Gasteiger partial charge on any atom is -0.493 e. The Balaban J connectivity index is 1.37. The van der Waals surface area contributed by atoms with Gasteiger partial charge in [0.25, 0.3) is 0 Å². The van der Waals surface area contributed by atoms with Crippen molar-refractivity contribution in [2.45, 2.75) is 70.1 Å². The summed E-state index contributed by atoms with van der Waals surface area (Å²) in [5.41, 5.74) is 2.66. The maximum atomic E-state index is 11.4. The zero-order valence-electron chi connectivity index (χ0n) is 17.9. The SMILES string of the molecule is O=C(O)CC(c1ccccc1)c1ccc(OCC2CCCC3(CCCCC3)C2)cc1. The summed E-state index contributed by atoms with van der Waals surface area (Å²) in [6, 6.07) is 18.0. The van der Waals surface area contributed by atoms with Gasteiger partial charge in [0.05, 0.1) is 13.0 Å². The van der Waals surface area contributed by atoms with Crippen LogP contribution in [0.15, 0.2) is 54.6 Å². The Bertz CT molecular complexity index is 800. The molecule has 2 aromatic rings. The van der Waals surface area contributed by atoms with Gasteiger partial charge in [0.15, 0.2) is 0 Å². The molecule has 4 rings (SSSR count). The Morgan fingerprint density at radius 2 is 1.60 bits per heavy atom. The van der Waals surface area contributed by atoms with Crippen molar-refractivity contribution in [3.63, 3.8) is 0 Å². The number of hydrogen-bond donors (Lipinski definition) is 1. The molecule has 1 spiro atoms. The van der Waals surface area contributed by atoms with Crippen LogP contribution in [-0.2, 0) is 4.79 Å². The first-order chi connectivity index (χ1) is 14.6. The summed E-state index contributed by atoms with van der Waals surface area (Å²) >= 11 is 0. The van der Waals surface area contributed by atoms with Crippen LogP contribution in [0, 0.1) is 11.3 Å². The first-order valence-corrected chi connectivity index (χ1v) is 11.6. The van der Waals surface area contributed by atoms with Gasteiger partial charge in [0.1, 0.15) is 5.75 Å². The van der Waals surface area contributed by atoms with E-state index in [1.54, 1.807) is 0 Å². The smallest absolute Gasteiger partial charge is 0.304 e. The average molecular weight is 407 g/mol. The van der Waals surface area contributed by atoms with Crippen molar-refractivity contribution in [2.24, 2.45) is 11.3 Å². The van der Waals surface area contributed by atoms with Crippen LogP contribution in [0.1, 0.15) is 81.3 Å². The Morgan fingerprint density at radius 1 is 0.933 bits per heavy atom. The van der Waals surface area contributed by atoms with Gasteiger partial charge in [-0.15, -0.1) is 0 Å². The van der Waals surface area contributed by atoms with Crippen LogP contribution in [-0.4, -0.2) is 17.7 Å². The second-order valence-electron chi connectivity index (χ2n) is 9.46. The Kier molecular flexibility index (Phi) is 6.76. The minimum atomic E-state index is -0.780. The summed E-state index contributed by atoms with van der Waals surface area (Å²) < 4.78 is 6.18. The molecule has 0 amide bonds. The van der Waals surface area contributed by atoms with E-state index in [-0.39, 0.29) is 12.3 Å². The monoisotopic (exact) mass is 406 g/mol. The highest BCUT2D eigenvalue weighted by Crippen LogP contribution is 2.49.